The summed E-state index contributed by atoms with van der Waals surface area (Å²) < 4.78 is 5.36. The first kappa shape index (κ1) is 12.6. The number of methoxy groups -OCH3 is 1. The van der Waals surface area contributed by atoms with Gasteiger partial charge < -0.3 is 4.74 Å². The van der Waals surface area contributed by atoms with E-state index in [0.717, 1.165) is 5.75 Å². The van der Waals surface area contributed by atoms with Crippen LogP contribution in [-0.4, -0.2) is 17.9 Å². The van der Waals surface area contributed by atoms with Gasteiger partial charge in [0, 0.05) is 11.8 Å². The third-order valence-corrected chi connectivity index (χ3v) is 5.75. The van der Waals surface area contributed by atoms with Crippen molar-refractivity contribution < 1.29 is 4.74 Å². The van der Waals surface area contributed by atoms with E-state index >= 15 is 0 Å². The predicted octanol–water partition coefficient (Wildman–Crippen LogP) is 4.50. The lowest BCUT2D eigenvalue weighted by molar-refractivity contribution is 0.412. The summed E-state index contributed by atoms with van der Waals surface area (Å²) in [6.07, 6.45) is 0. The highest BCUT2D eigenvalue weighted by molar-refractivity contribution is 6.31. The van der Waals surface area contributed by atoms with Gasteiger partial charge in [-0.2, -0.15) is 0 Å². The second-order valence-electron chi connectivity index (χ2n) is 5.47. The van der Waals surface area contributed by atoms with Crippen molar-refractivity contribution in [1.29, 1.82) is 0 Å². The van der Waals surface area contributed by atoms with E-state index in [2.05, 4.69) is 36.4 Å². The van der Waals surface area contributed by atoms with Crippen molar-refractivity contribution in [1.82, 2.24) is 0 Å². The molecule has 2 aromatic carbocycles. The molecule has 3 heteroatoms. The molecule has 2 aromatic rings. The molecule has 0 N–H and O–H groups in total. The summed E-state index contributed by atoms with van der Waals surface area (Å²) in [4.78, 5) is 0. The molecule has 0 aliphatic heterocycles. The van der Waals surface area contributed by atoms with Crippen molar-refractivity contribution in [3.63, 3.8) is 0 Å². The molecule has 0 heterocycles. The Morgan fingerprint density at radius 3 is 1.95 bits per heavy atom. The molecular weight excluding hydrogens is 291 g/mol. The Kier molecular flexibility index (Phi) is 2.77. The minimum absolute atomic E-state index is 0.0579. The number of benzene rings is 2. The van der Waals surface area contributed by atoms with E-state index in [1.54, 1.807) is 7.11 Å². The second kappa shape index (κ2) is 4.41. The molecule has 20 heavy (non-hydrogen) atoms. The van der Waals surface area contributed by atoms with Crippen LogP contribution in [0.25, 0.3) is 0 Å². The van der Waals surface area contributed by atoms with Crippen LogP contribution in [0.15, 0.2) is 42.5 Å². The zero-order valence-electron chi connectivity index (χ0n) is 11.0. The molecule has 5 rings (SSSR count). The molecule has 3 aliphatic carbocycles. The molecule has 2 bridgehead atoms. The Hall–Kier alpha value is -1.18. The largest absolute Gasteiger partial charge is 0.497 e. The molecule has 0 saturated carbocycles. The Bertz CT molecular complexity index is 682. The molecule has 0 aromatic heterocycles. The lowest BCUT2D eigenvalue weighted by Crippen LogP contribution is -2.41. The average Bonchev–Trinajstić information content (AvgIpc) is 2.49. The maximum absolute atomic E-state index is 6.64. The Balaban J connectivity index is 2.00. The van der Waals surface area contributed by atoms with Crippen LogP contribution in [0.4, 0.5) is 0 Å². The van der Waals surface area contributed by atoms with Crippen molar-refractivity contribution in [3.05, 3.63) is 64.7 Å². The molecule has 1 nitrogen and oxygen atoms in total. The summed E-state index contributed by atoms with van der Waals surface area (Å²) in [5, 5.41) is -0.131. The first-order chi connectivity index (χ1) is 9.72. The van der Waals surface area contributed by atoms with Crippen LogP contribution < -0.4 is 4.74 Å². The number of alkyl halides is 2. The summed E-state index contributed by atoms with van der Waals surface area (Å²) in [6.45, 7) is 0. The van der Waals surface area contributed by atoms with E-state index in [9.17, 15) is 0 Å². The number of hydrogen-bond donors (Lipinski definition) is 0. The molecule has 0 radical (unpaired) electrons. The number of fused-ring (bicyclic) bond motifs is 1. The van der Waals surface area contributed by atoms with Gasteiger partial charge in [0.25, 0.3) is 0 Å². The van der Waals surface area contributed by atoms with Gasteiger partial charge >= 0.3 is 0 Å². The number of halogens is 2. The van der Waals surface area contributed by atoms with E-state index in [1.807, 2.05) is 6.07 Å². The van der Waals surface area contributed by atoms with Gasteiger partial charge in [-0.3, -0.25) is 0 Å². The zero-order chi connectivity index (χ0) is 13.9. The second-order valence-corrected chi connectivity index (χ2v) is 6.48. The lowest BCUT2D eigenvalue weighted by atomic mass is 9.63. The van der Waals surface area contributed by atoms with Gasteiger partial charge in [0.05, 0.1) is 17.9 Å². The smallest absolute Gasteiger partial charge is 0.119 e. The van der Waals surface area contributed by atoms with Crippen LogP contribution in [0, 0.1) is 0 Å². The number of hydrogen-bond acceptors (Lipinski definition) is 1. The quantitative estimate of drug-likeness (QED) is 0.705. The van der Waals surface area contributed by atoms with E-state index in [0.29, 0.717) is 0 Å². The molecule has 0 fully saturated rings. The topological polar surface area (TPSA) is 9.23 Å². The van der Waals surface area contributed by atoms with Gasteiger partial charge in [-0.05, 0) is 34.4 Å². The Morgan fingerprint density at radius 1 is 0.800 bits per heavy atom. The van der Waals surface area contributed by atoms with Crippen LogP contribution >= 0.6 is 23.2 Å². The predicted molar refractivity (Wildman–Crippen MR) is 82.4 cm³/mol. The third-order valence-electron chi connectivity index (χ3n) is 4.57. The van der Waals surface area contributed by atoms with Gasteiger partial charge in [0.1, 0.15) is 5.75 Å². The molecular formula is C17H14Cl2O. The van der Waals surface area contributed by atoms with Crippen LogP contribution in [0.5, 0.6) is 5.75 Å². The fraction of sp³-hybridized carbons (Fsp3) is 0.294. The van der Waals surface area contributed by atoms with E-state index < -0.39 is 0 Å². The summed E-state index contributed by atoms with van der Waals surface area (Å²) in [6, 6.07) is 14.8. The van der Waals surface area contributed by atoms with Crippen LogP contribution in [0.2, 0.25) is 0 Å². The van der Waals surface area contributed by atoms with E-state index in [4.69, 9.17) is 27.9 Å². The Labute approximate surface area is 128 Å². The summed E-state index contributed by atoms with van der Waals surface area (Å²) in [5.41, 5.74) is 5.21. The molecule has 0 spiro atoms. The van der Waals surface area contributed by atoms with Crippen LogP contribution in [-0.2, 0) is 0 Å². The van der Waals surface area contributed by atoms with Gasteiger partial charge in [-0.25, -0.2) is 0 Å². The highest BCUT2D eigenvalue weighted by atomic mass is 35.5. The maximum atomic E-state index is 6.64. The van der Waals surface area contributed by atoms with Gasteiger partial charge in [-0.15, -0.1) is 23.2 Å². The van der Waals surface area contributed by atoms with Gasteiger partial charge in [0.2, 0.25) is 0 Å². The summed E-state index contributed by atoms with van der Waals surface area (Å²) in [5.74, 6) is 1.22. The van der Waals surface area contributed by atoms with Gasteiger partial charge in [-0.1, -0.05) is 30.3 Å². The van der Waals surface area contributed by atoms with Crippen molar-refractivity contribution >= 4 is 23.2 Å². The molecule has 0 saturated heterocycles. The normalized spacial score (nSPS) is 29.8. The van der Waals surface area contributed by atoms with Crippen LogP contribution in [0.3, 0.4) is 0 Å². The minimum Gasteiger partial charge on any atom is -0.497 e. The number of rotatable bonds is 1. The van der Waals surface area contributed by atoms with Crippen molar-refractivity contribution in [2.75, 3.05) is 7.11 Å². The fourth-order valence-electron chi connectivity index (χ4n) is 3.70. The standard InChI is InChI=1S/C17H14Cl2O/c1-20-9-6-7-12-13(8-9)15-11-5-3-2-4-10(11)14(12)16(18)17(15)19/h2-8,14-17H,1H3. The number of ether oxygens (including phenoxy) is 1. The zero-order valence-corrected chi connectivity index (χ0v) is 12.5. The highest BCUT2D eigenvalue weighted by Gasteiger charge is 2.48. The summed E-state index contributed by atoms with van der Waals surface area (Å²) in [7, 11) is 1.69. The van der Waals surface area contributed by atoms with E-state index in [-0.39, 0.29) is 22.6 Å². The molecule has 4 atom stereocenters. The monoisotopic (exact) mass is 304 g/mol. The molecule has 0 amide bonds. The first-order valence-electron chi connectivity index (χ1n) is 6.77. The van der Waals surface area contributed by atoms with E-state index in [1.165, 1.54) is 22.3 Å². The molecule has 4 unspecified atom stereocenters. The van der Waals surface area contributed by atoms with Crippen molar-refractivity contribution in [2.24, 2.45) is 0 Å². The SMILES string of the molecule is COc1ccc2c(c1)C1c3ccccc3C2C(Cl)C1Cl. The lowest BCUT2D eigenvalue weighted by Gasteiger charge is -2.46. The maximum Gasteiger partial charge on any atom is 0.119 e. The molecule has 102 valence electrons. The van der Waals surface area contributed by atoms with Crippen molar-refractivity contribution in [2.45, 2.75) is 22.6 Å². The van der Waals surface area contributed by atoms with Gasteiger partial charge in [0.15, 0.2) is 0 Å². The first-order valence-corrected chi connectivity index (χ1v) is 7.64. The Morgan fingerprint density at radius 2 is 1.35 bits per heavy atom. The fourth-order valence-corrected chi connectivity index (χ4v) is 4.53. The van der Waals surface area contributed by atoms with Crippen molar-refractivity contribution in [3.8, 4) is 5.75 Å². The van der Waals surface area contributed by atoms with Crippen LogP contribution in [0.1, 0.15) is 34.1 Å². The summed E-state index contributed by atoms with van der Waals surface area (Å²) >= 11 is 13.3. The third kappa shape index (κ3) is 1.51. The highest BCUT2D eigenvalue weighted by Crippen LogP contribution is 2.56. The minimum atomic E-state index is -0.0730. The molecule has 3 aliphatic rings. The average molecular weight is 305 g/mol.